The van der Waals surface area contributed by atoms with Crippen molar-refractivity contribution in [1.82, 2.24) is 15.1 Å². The maximum atomic E-state index is 5.71. The molecule has 4 aliphatic rings. The first-order chi connectivity index (χ1) is 11.2. The SMILES string of the molecule is CC1CN(C2CC3(CCCN(CC4CCNCC4)C3)C2)CCO1. The first kappa shape index (κ1) is 16.3. The van der Waals surface area contributed by atoms with Gasteiger partial charge in [0.1, 0.15) is 0 Å². The molecule has 3 aliphatic heterocycles. The van der Waals surface area contributed by atoms with E-state index in [9.17, 15) is 0 Å². The molecule has 0 amide bonds. The molecule has 0 aromatic carbocycles. The number of hydrogen-bond acceptors (Lipinski definition) is 4. The van der Waals surface area contributed by atoms with Crippen LogP contribution in [0.1, 0.15) is 45.4 Å². The zero-order chi connectivity index (χ0) is 15.7. The third kappa shape index (κ3) is 3.76. The third-order valence-corrected chi connectivity index (χ3v) is 6.84. The Balaban J connectivity index is 1.26. The Hall–Kier alpha value is -0.160. The van der Waals surface area contributed by atoms with E-state index in [-0.39, 0.29) is 0 Å². The highest BCUT2D eigenvalue weighted by atomic mass is 16.5. The van der Waals surface area contributed by atoms with Gasteiger partial charge in [-0.1, -0.05) is 0 Å². The molecule has 3 heterocycles. The van der Waals surface area contributed by atoms with Gasteiger partial charge < -0.3 is 15.0 Å². The summed E-state index contributed by atoms with van der Waals surface area (Å²) in [5, 5.41) is 3.50. The van der Waals surface area contributed by atoms with Crippen LogP contribution in [-0.4, -0.2) is 74.4 Å². The predicted molar refractivity (Wildman–Crippen MR) is 93.7 cm³/mol. The summed E-state index contributed by atoms with van der Waals surface area (Å²) in [6, 6.07) is 0.847. The molecule has 0 radical (unpaired) electrons. The maximum absolute atomic E-state index is 5.71. The summed E-state index contributed by atoms with van der Waals surface area (Å²) in [6.45, 7) is 12.0. The number of rotatable bonds is 3. The van der Waals surface area contributed by atoms with Crippen molar-refractivity contribution >= 4 is 0 Å². The minimum Gasteiger partial charge on any atom is -0.376 e. The van der Waals surface area contributed by atoms with Gasteiger partial charge in [0.25, 0.3) is 0 Å². The van der Waals surface area contributed by atoms with Crippen LogP contribution >= 0.6 is 0 Å². The maximum Gasteiger partial charge on any atom is 0.0674 e. The monoisotopic (exact) mass is 321 g/mol. The van der Waals surface area contributed by atoms with E-state index < -0.39 is 0 Å². The lowest BCUT2D eigenvalue weighted by molar-refractivity contribution is -0.0976. The van der Waals surface area contributed by atoms with Crippen LogP contribution in [0.25, 0.3) is 0 Å². The molecule has 4 nitrogen and oxygen atoms in total. The van der Waals surface area contributed by atoms with Crippen LogP contribution in [-0.2, 0) is 4.74 Å². The summed E-state index contributed by atoms with van der Waals surface area (Å²) in [6.07, 6.45) is 9.01. The molecule has 1 N–H and O–H groups in total. The van der Waals surface area contributed by atoms with E-state index in [1.165, 1.54) is 71.2 Å². The van der Waals surface area contributed by atoms with Crippen molar-refractivity contribution in [3.63, 3.8) is 0 Å². The van der Waals surface area contributed by atoms with Gasteiger partial charge in [-0.25, -0.2) is 0 Å². The summed E-state index contributed by atoms with van der Waals surface area (Å²) >= 11 is 0. The van der Waals surface area contributed by atoms with Crippen LogP contribution in [0.3, 0.4) is 0 Å². The van der Waals surface area contributed by atoms with Crippen molar-refractivity contribution in [2.75, 3.05) is 52.4 Å². The molecule has 1 unspecified atom stereocenters. The molecule has 3 saturated heterocycles. The minimum absolute atomic E-state index is 0.433. The first-order valence-electron chi connectivity index (χ1n) is 10.0. The quantitative estimate of drug-likeness (QED) is 0.860. The standard InChI is InChI=1S/C19H35N3O/c1-16-13-22(9-10-23-16)18-11-19(12-18)5-2-8-21(15-19)14-17-3-6-20-7-4-17/h16-18,20H,2-15H2,1H3. The number of nitrogens with one attached hydrogen (secondary N) is 1. The molecular weight excluding hydrogens is 286 g/mol. The number of nitrogens with zero attached hydrogens (tertiary/aromatic N) is 2. The molecule has 1 atom stereocenters. The zero-order valence-electron chi connectivity index (χ0n) is 14.9. The lowest BCUT2D eigenvalue weighted by Crippen LogP contribution is -2.60. The Labute approximate surface area is 141 Å². The van der Waals surface area contributed by atoms with Gasteiger partial charge in [0.2, 0.25) is 0 Å². The topological polar surface area (TPSA) is 27.7 Å². The van der Waals surface area contributed by atoms with Gasteiger partial charge >= 0.3 is 0 Å². The fraction of sp³-hybridized carbons (Fsp3) is 1.00. The summed E-state index contributed by atoms with van der Waals surface area (Å²) in [4.78, 5) is 5.53. The van der Waals surface area contributed by atoms with Gasteiger partial charge in [0, 0.05) is 32.2 Å². The number of piperidine rings is 2. The molecule has 0 aromatic rings. The number of hydrogen-bond donors (Lipinski definition) is 1. The molecule has 132 valence electrons. The Morgan fingerprint density at radius 2 is 2.00 bits per heavy atom. The normalized spacial score (nSPS) is 41.1. The lowest BCUT2D eigenvalue weighted by atomic mass is 9.61. The molecule has 1 aliphatic carbocycles. The first-order valence-corrected chi connectivity index (χ1v) is 10.0. The van der Waals surface area contributed by atoms with E-state index in [1.807, 2.05) is 0 Å². The molecule has 4 heteroatoms. The fourth-order valence-corrected chi connectivity index (χ4v) is 5.60. The van der Waals surface area contributed by atoms with E-state index in [4.69, 9.17) is 4.74 Å². The van der Waals surface area contributed by atoms with Crippen molar-refractivity contribution < 1.29 is 4.74 Å². The second-order valence-corrected chi connectivity index (χ2v) is 8.77. The summed E-state index contributed by atoms with van der Waals surface area (Å²) in [7, 11) is 0. The largest absolute Gasteiger partial charge is 0.376 e. The van der Waals surface area contributed by atoms with Crippen LogP contribution in [0, 0.1) is 11.3 Å². The van der Waals surface area contributed by atoms with E-state index in [2.05, 4.69) is 22.0 Å². The van der Waals surface area contributed by atoms with E-state index in [1.54, 1.807) is 0 Å². The highest BCUT2D eigenvalue weighted by Gasteiger charge is 2.48. The molecule has 0 aromatic heterocycles. The number of ether oxygens (including phenoxy) is 1. The van der Waals surface area contributed by atoms with E-state index in [0.29, 0.717) is 11.5 Å². The van der Waals surface area contributed by atoms with Crippen molar-refractivity contribution in [2.24, 2.45) is 11.3 Å². The van der Waals surface area contributed by atoms with Gasteiger partial charge in [-0.2, -0.15) is 0 Å². The highest BCUT2D eigenvalue weighted by Crippen LogP contribution is 2.50. The minimum atomic E-state index is 0.433. The number of likely N-dealkylation sites (tertiary alicyclic amines) is 1. The fourth-order valence-electron chi connectivity index (χ4n) is 5.60. The van der Waals surface area contributed by atoms with Gasteiger partial charge in [0.05, 0.1) is 12.7 Å². The van der Waals surface area contributed by atoms with Crippen LogP contribution in [0.2, 0.25) is 0 Å². The van der Waals surface area contributed by atoms with Crippen LogP contribution < -0.4 is 5.32 Å². The summed E-state index contributed by atoms with van der Waals surface area (Å²) < 4.78 is 5.71. The van der Waals surface area contributed by atoms with Crippen molar-refractivity contribution in [3.8, 4) is 0 Å². The predicted octanol–water partition coefficient (Wildman–Crippen LogP) is 1.95. The number of morpholine rings is 1. The molecule has 4 rings (SSSR count). The van der Waals surface area contributed by atoms with Crippen molar-refractivity contribution in [2.45, 2.75) is 57.6 Å². The van der Waals surface area contributed by atoms with Crippen molar-refractivity contribution in [3.05, 3.63) is 0 Å². The van der Waals surface area contributed by atoms with Crippen LogP contribution in [0.15, 0.2) is 0 Å². The van der Waals surface area contributed by atoms with E-state index in [0.717, 1.165) is 31.7 Å². The van der Waals surface area contributed by atoms with Gasteiger partial charge in [0.15, 0.2) is 0 Å². The Kier molecular flexibility index (Phi) is 4.96. The summed E-state index contributed by atoms with van der Waals surface area (Å²) in [5.74, 6) is 0.947. The Morgan fingerprint density at radius 3 is 2.78 bits per heavy atom. The van der Waals surface area contributed by atoms with Crippen LogP contribution in [0.5, 0.6) is 0 Å². The zero-order valence-corrected chi connectivity index (χ0v) is 14.9. The highest BCUT2D eigenvalue weighted by molar-refractivity contribution is 5.02. The Bertz CT molecular complexity index is 390. The van der Waals surface area contributed by atoms with Crippen molar-refractivity contribution in [1.29, 1.82) is 0 Å². The second-order valence-electron chi connectivity index (χ2n) is 8.77. The van der Waals surface area contributed by atoms with E-state index >= 15 is 0 Å². The molecule has 1 spiro atoms. The van der Waals surface area contributed by atoms with Crippen LogP contribution in [0.4, 0.5) is 0 Å². The average Bonchev–Trinajstić information content (AvgIpc) is 2.54. The molecule has 1 saturated carbocycles. The molecular formula is C19H35N3O. The van der Waals surface area contributed by atoms with Gasteiger partial charge in [-0.3, -0.25) is 4.90 Å². The lowest BCUT2D eigenvalue weighted by Gasteiger charge is -2.57. The molecule has 0 bridgehead atoms. The molecule has 23 heavy (non-hydrogen) atoms. The smallest absolute Gasteiger partial charge is 0.0674 e. The van der Waals surface area contributed by atoms with Gasteiger partial charge in [-0.15, -0.1) is 0 Å². The average molecular weight is 322 g/mol. The third-order valence-electron chi connectivity index (χ3n) is 6.84. The summed E-state index contributed by atoms with van der Waals surface area (Å²) in [5.41, 5.74) is 0.664. The molecule has 4 fully saturated rings. The Morgan fingerprint density at radius 1 is 1.17 bits per heavy atom. The second kappa shape index (κ2) is 6.99. The van der Waals surface area contributed by atoms with Gasteiger partial charge in [-0.05, 0) is 76.4 Å².